The molecule has 1 aromatic rings. The maximum Gasteiger partial charge on any atom is 0.339 e. The van der Waals surface area contributed by atoms with Gasteiger partial charge in [-0.25, -0.2) is 4.79 Å². The van der Waals surface area contributed by atoms with Gasteiger partial charge in [0, 0.05) is 17.9 Å². The molecule has 0 heterocycles. The van der Waals surface area contributed by atoms with Crippen molar-refractivity contribution in [1.82, 2.24) is 0 Å². The number of carbonyl (C=O) groups excluding carboxylic acids is 2. The summed E-state index contributed by atoms with van der Waals surface area (Å²) < 4.78 is 4.96. The quantitative estimate of drug-likeness (QED) is 0.460. The van der Waals surface area contributed by atoms with Crippen LogP contribution in [0.15, 0.2) is 18.2 Å². The Labute approximate surface area is 106 Å². The van der Waals surface area contributed by atoms with Crippen molar-refractivity contribution in [3.8, 4) is 0 Å². The van der Waals surface area contributed by atoms with Crippen LogP contribution in [0.2, 0.25) is 0 Å². The van der Waals surface area contributed by atoms with Gasteiger partial charge in [-0.2, -0.15) is 0 Å². The van der Waals surface area contributed by atoms with Crippen molar-refractivity contribution < 1.29 is 14.3 Å². The van der Waals surface area contributed by atoms with Crippen LogP contribution in [-0.4, -0.2) is 18.4 Å². The molecule has 17 heavy (non-hydrogen) atoms. The molecule has 0 fully saturated rings. The second-order valence-electron chi connectivity index (χ2n) is 3.47. The van der Waals surface area contributed by atoms with E-state index in [1.54, 1.807) is 32.0 Å². The average Bonchev–Trinajstić information content (AvgIpc) is 2.37. The summed E-state index contributed by atoms with van der Waals surface area (Å²) in [5.41, 5.74) is 1.32. The smallest absolute Gasteiger partial charge is 0.339 e. The van der Waals surface area contributed by atoms with E-state index in [4.69, 9.17) is 16.3 Å². The highest BCUT2D eigenvalue weighted by molar-refractivity contribution is 6.18. The topological polar surface area (TPSA) is 43.4 Å². The Morgan fingerprint density at radius 2 is 2.00 bits per heavy atom. The van der Waals surface area contributed by atoms with Crippen LogP contribution in [0.5, 0.6) is 0 Å². The van der Waals surface area contributed by atoms with Gasteiger partial charge in [-0.3, -0.25) is 4.79 Å². The van der Waals surface area contributed by atoms with Gasteiger partial charge in [0.2, 0.25) is 0 Å². The molecule has 0 aromatic heterocycles. The fourth-order valence-corrected chi connectivity index (χ4v) is 1.80. The molecule has 0 bridgehead atoms. The summed E-state index contributed by atoms with van der Waals surface area (Å²) in [5.74, 6) is -0.389. The summed E-state index contributed by atoms with van der Waals surface area (Å²) in [4.78, 5) is 23.6. The molecule has 0 aliphatic carbocycles. The van der Waals surface area contributed by atoms with Crippen LogP contribution in [0.4, 0.5) is 0 Å². The van der Waals surface area contributed by atoms with E-state index in [1.165, 1.54) is 0 Å². The highest BCUT2D eigenvalue weighted by atomic mass is 35.5. The van der Waals surface area contributed by atoms with E-state index in [2.05, 4.69) is 0 Å². The monoisotopic (exact) mass is 254 g/mol. The fraction of sp³-hybridized carbons (Fsp3) is 0.385. The molecule has 0 saturated heterocycles. The Bertz CT molecular complexity index is 427. The maximum atomic E-state index is 11.8. The largest absolute Gasteiger partial charge is 0.462 e. The number of ketones is 1. The molecular weight excluding hydrogens is 240 g/mol. The minimum absolute atomic E-state index is 0.0833. The van der Waals surface area contributed by atoms with Crippen molar-refractivity contribution in [2.24, 2.45) is 0 Å². The number of hydrogen-bond donors (Lipinski definition) is 0. The molecule has 0 atom stereocenters. The zero-order chi connectivity index (χ0) is 12.8. The second-order valence-corrected chi connectivity index (χ2v) is 3.74. The van der Waals surface area contributed by atoms with Crippen LogP contribution in [-0.2, 0) is 10.6 Å². The molecule has 1 rings (SSSR count). The number of halogens is 1. The van der Waals surface area contributed by atoms with Gasteiger partial charge >= 0.3 is 5.97 Å². The molecule has 92 valence electrons. The average molecular weight is 255 g/mol. The summed E-state index contributed by atoms with van der Waals surface area (Å²) in [5, 5.41) is 0. The van der Waals surface area contributed by atoms with Gasteiger partial charge in [0.05, 0.1) is 12.2 Å². The van der Waals surface area contributed by atoms with Gasteiger partial charge in [0.25, 0.3) is 0 Å². The summed E-state index contributed by atoms with van der Waals surface area (Å²) in [6, 6.07) is 5.09. The lowest BCUT2D eigenvalue weighted by atomic mass is 9.98. The Hall–Kier alpha value is -1.35. The number of benzene rings is 1. The molecule has 4 heteroatoms. The number of Topliss-reactive ketones (excluding diaryl/α,β-unsaturated/α-hetero) is 1. The van der Waals surface area contributed by atoms with Crippen molar-refractivity contribution in [3.63, 3.8) is 0 Å². The third-order valence-corrected chi connectivity index (χ3v) is 2.68. The first-order valence-corrected chi connectivity index (χ1v) is 6.07. The van der Waals surface area contributed by atoms with Crippen molar-refractivity contribution in [1.29, 1.82) is 0 Å². The van der Waals surface area contributed by atoms with Crippen LogP contribution in [0.3, 0.4) is 0 Å². The lowest BCUT2D eigenvalue weighted by molar-refractivity contribution is 0.0522. The Morgan fingerprint density at radius 1 is 1.29 bits per heavy atom. The third kappa shape index (κ3) is 3.07. The standard InChI is InChI=1S/C13H15ClO3/c1-3-11(15)10-7-5-6-9(8-14)12(10)13(16)17-4-2/h5-7H,3-4,8H2,1-2H3. The van der Waals surface area contributed by atoms with E-state index in [0.29, 0.717) is 23.1 Å². The molecule has 0 aliphatic heterocycles. The maximum absolute atomic E-state index is 11.8. The summed E-state index contributed by atoms with van der Waals surface area (Å²) in [6.07, 6.45) is 0.345. The molecule has 0 N–H and O–H groups in total. The van der Waals surface area contributed by atoms with E-state index in [-0.39, 0.29) is 18.3 Å². The minimum Gasteiger partial charge on any atom is -0.462 e. The normalized spacial score (nSPS) is 10.1. The van der Waals surface area contributed by atoms with Gasteiger partial charge in [0.15, 0.2) is 5.78 Å². The van der Waals surface area contributed by atoms with Crippen LogP contribution in [0.1, 0.15) is 46.5 Å². The molecule has 1 aromatic carbocycles. The van der Waals surface area contributed by atoms with E-state index >= 15 is 0 Å². The highest BCUT2D eigenvalue weighted by Gasteiger charge is 2.20. The Kier molecular flexibility index (Phi) is 5.16. The molecule has 0 unspecified atom stereocenters. The van der Waals surface area contributed by atoms with Crippen molar-refractivity contribution >= 4 is 23.4 Å². The van der Waals surface area contributed by atoms with Crippen molar-refractivity contribution in [3.05, 3.63) is 34.9 Å². The first-order valence-electron chi connectivity index (χ1n) is 5.53. The molecule has 0 aliphatic rings. The Morgan fingerprint density at radius 3 is 2.53 bits per heavy atom. The van der Waals surface area contributed by atoms with Crippen molar-refractivity contribution in [2.75, 3.05) is 6.61 Å². The minimum atomic E-state index is -0.486. The van der Waals surface area contributed by atoms with E-state index in [0.717, 1.165) is 0 Å². The summed E-state index contributed by atoms with van der Waals surface area (Å²) >= 11 is 5.78. The molecule has 3 nitrogen and oxygen atoms in total. The SMILES string of the molecule is CCOC(=O)c1c(CCl)cccc1C(=O)CC. The van der Waals surface area contributed by atoms with E-state index < -0.39 is 5.97 Å². The summed E-state index contributed by atoms with van der Waals surface area (Å²) in [7, 11) is 0. The number of hydrogen-bond acceptors (Lipinski definition) is 3. The van der Waals surface area contributed by atoms with Crippen LogP contribution in [0, 0.1) is 0 Å². The van der Waals surface area contributed by atoms with Crippen molar-refractivity contribution in [2.45, 2.75) is 26.1 Å². The zero-order valence-electron chi connectivity index (χ0n) is 9.96. The lowest BCUT2D eigenvalue weighted by Gasteiger charge is -2.11. The van der Waals surface area contributed by atoms with E-state index in [9.17, 15) is 9.59 Å². The highest BCUT2D eigenvalue weighted by Crippen LogP contribution is 2.19. The number of carbonyl (C=O) groups is 2. The molecule has 0 radical (unpaired) electrons. The molecule has 0 spiro atoms. The first kappa shape index (κ1) is 13.7. The number of esters is 1. The number of rotatable bonds is 5. The predicted octanol–water partition coefficient (Wildman–Crippen LogP) is 3.19. The number of alkyl halides is 1. The first-order chi connectivity index (χ1) is 8.15. The lowest BCUT2D eigenvalue weighted by Crippen LogP contribution is -2.14. The fourth-order valence-electron chi connectivity index (χ4n) is 1.58. The predicted molar refractivity (Wildman–Crippen MR) is 66.6 cm³/mol. The van der Waals surface area contributed by atoms with Crippen LogP contribution >= 0.6 is 11.6 Å². The van der Waals surface area contributed by atoms with Gasteiger partial charge in [-0.1, -0.05) is 25.1 Å². The summed E-state index contributed by atoms with van der Waals surface area (Å²) in [6.45, 7) is 3.75. The van der Waals surface area contributed by atoms with Gasteiger partial charge in [0.1, 0.15) is 0 Å². The Balaban J connectivity index is 3.30. The second kappa shape index (κ2) is 6.40. The molecular formula is C13H15ClO3. The van der Waals surface area contributed by atoms with Crippen LogP contribution < -0.4 is 0 Å². The zero-order valence-corrected chi connectivity index (χ0v) is 10.7. The molecule has 0 saturated carbocycles. The van der Waals surface area contributed by atoms with Gasteiger partial charge in [-0.05, 0) is 12.5 Å². The third-order valence-electron chi connectivity index (χ3n) is 2.40. The van der Waals surface area contributed by atoms with Gasteiger partial charge < -0.3 is 4.74 Å². The van der Waals surface area contributed by atoms with Crippen LogP contribution in [0.25, 0.3) is 0 Å². The van der Waals surface area contributed by atoms with Gasteiger partial charge in [-0.15, -0.1) is 11.6 Å². The molecule has 0 amide bonds. The number of ether oxygens (including phenoxy) is 1. The van der Waals surface area contributed by atoms with E-state index in [1.807, 2.05) is 0 Å².